The maximum atomic E-state index is 12.6. The zero-order valence-corrected chi connectivity index (χ0v) is 15.5. The first-order valence-corrected chi connectivity index (χ1v) is 9.66. The number of anilines is 1. The topological polar surface area (TPSA) is 72.5 Å². The van der Waals surface area contributed by atoms with E-state index >= 15 is 0 Å². The van der Waals surface area contributed by atoms with Gasteiger partial charge in [-0.3, -0.25) is 4.72 Å². The molecule has 2 aromatic carbocycles. The van der Waals surface area contributed by atoms with Crippen molar-refractivity contribution in [2.24, 2.45) is 0 Å². The summed E-state index contributed by atoms with van der Waals surface area (Å²) in [4.78, 5) is 11.8. The maximum absolute atomic E-state index is 12.6. The first kappa shape index (κ1) is 19.0. The molecule has 2 aromatic rings. The van der Waals surface area contributed by atoms with Crippen LogP contribution in [0.3, 0.4) is 0 Å². The molecule has 0 saturated carbocycles. The molecule has 6 heteroatoms. The van der Waals surface area contributed by atoms with E-state index in [0.29, 0.717) is 11.3 Å². The predicted octanol–water partition coefficient (Wildman–Crippen LogP) is 3.93. The lowest BCUT2D eigenvalue weighted by Gasteiger charge is -2.11. The summed E-state index contributed by atoms with van der Waals surface area (Å²) in [6.45, 7) is 3.86. The van der Waals surface area contributed by atoms with E-state index in [9.17, 15) is 13.2 Å². The molecule has 0 unspecified atom stereocenters. The van der Waals surface area contributed by atoms with Crippen LogP contribution in [0.1, 0.15) is 41.3 Å². The highest BCUT2D eigenvalue weighted by Crippen LogP contribution is 2.20. The summed E-state index contributed by atoms with van der Waals surface area (Å²) in [5.41, 5.74) is 2.56. The molecule has 2 rings (SSSR count). The van der Waals surface area contributed by atoms with E-state index in [1.54, 1.807) is 25.1 Å². The van der Waals surface area contributed by atoms with Gasteiger partial charge in [0.15, 0.2) is 0 Å². The van der Waals surface area contributed by atoms with Crippen molar-refractivity contribution in [3.05, 3.63) is 59.2 Å². The molecule has 25 heavy (non-hydrogen) atoms. The minimum absolute atomic E-state index is 0.0218. The highest BCUT2D eigenvalue weighted by Gasteiger charge is 2.18. The molecule has 0 aromatic heterocycles. The van der Waals surface area contributed by atoms with E-state index in [2.05, 4.69) is 11.6 Å². The highest BCUT2D eigenvalue weighted by molar-refractivity contribution is 7.92. The van der Waals surface area contributed by atoms with Gasteiger partial charge in [-0.15, -0.1) is 0 Å². The summed E-state index contributed by atoms with van der Waals surface area (Å²) in [6.07, 6.45) is 3.19. The molecule has 0 bridgehead atoms. The Bertz CT molecular complexity index is 842. The Morgan fingerprint density at radius 3 is 2.40 bits per heavy atom. The van der Waals surface area contributed by atoms with Gasteiger partial charge in [0.1, 0.15) is 0 Å². The Labute approximate surface area is 149 Å². The molecule has 0 amide bonds. The van der Waals surface area contributed by atoms with Crippen molar-refractivity contribution in [2.45, 2.75) is 38.0 Å². The Morgan fingerprint density at radius 2 is 1.80 bits per heavy atom. The van der Waals surface area contributed by atoms with Crippen molar-refractivity contribution in [1.82, 2.24) is 0 Å². The standard InChI is InChI=1S/C19H23NO4S/c1-4-5-6-15-8-10-16(11-9-15)20-25(22,23)17-12-7-14(2)18(13-17)19(21)24-3/h7-13,20H,4-6H2,1-3H3. The third-order valence-corrected chi connectivity index (χ3v) is 5.33. The lowest BCUT2D eigenvalue weighted by molar-refractivity contribution is 0.0599. The molecule has 0 aliphatic rings. The monoisotopic (exact) mass is 361 g/mol. The van der Waals surface area contributed by atoms with Crippen LogP contribution in [0.2, 0.25) is 0 Å². The van der Waals surface area contributed by atoms with Crippen LogP contribution in [0.15, 0.2) is 47.4 Å². The quantitative estimate of drug-likeness (QED) is 0.759. The summed E-state index contributed by atoms with van der Waals surface area (Å²) in [5.74, 6) is -0.560. The Hall–Kier alpha value is -2.34. The highest BCUT2D eigenvalue weighted by atomic mass is 32.2. The van der Waals surface area contributed by atoms with Gasteiger partial charge in [0.25, 0.3) is 10.0 Å². The molecule has 5 nitrogen and oxygen atoms in total. The Morgan fingerprint density at radius 1 is 1.12 bits per heavy atom. The lowest BCUT2D eigenvalue weighted by Crippen LogP contribution is -2.14. The number of carbonyl (C=O) groups is 1. The molecule has 134 valence electrons. The number of aryl methyl sites for hydroxylation is 2. The molecule has 0 saturated heterocycles. The van der Waals surface area contributed by atoms with Crippen LogP contribution in [0, 0.1) is 6.92 Å². The second-order valence-corrected chi connectivity index (χ2v) is 7.56. The molecular formula is C19H23NO4S. The zero-order chi connectivity index (χ0) is 18.4. The summed E-state index contributed by atoms with van der Waals surface area (Å²) < 4.78 is 32.4. The summed E-state index contributed by atoms with van der Waals surface area (Å²) in [6, 6.07) is 11.7. The van der Waals surface area contributed by atoms with Crippen LogP contribution in [0.5, 0.6) is 0 Å². The van der Waals surface area contributed by atoms with Crippen molar-refractivity contribution >= 4 is 21.7 Å². The van der Waals surface area contributed by atoms with Crippen molar-refractivity contribution in [3.8, 4) is 0 Å². The first-order valence-electron chi connectivity index (χ1n) is 8.18. The normalized spacial score (nSPS) is 11.2. The number of esters is 1. The van der Waals surface area contributed by atoms with E-state index in [4.69, 9.17) is 4.74 Å². The van der Waals surface area contributed by atoms with E-state index in [1.807, 2.05) is 12.1 Å². The minimum Gasteiger partial charge on any atom is -0.465 e. The molecule has 0 aliphatic carbocycles. The fourth-order valence-electron chi connectivity index (χ4n) is 2.43. The van der Waals surface area contributed by atoms with E-state index < -0.39 is 16.0 Å². The van der Waals surface area contributed by atoms with Crippen molar-refractivity contribution in [1.29, 1.82) is 0 Å². The van der Waals surface area contributed by atoms with Gasteiger partial charge < -0.3 is 4.74 Å². The van der Waals surface area contributed by atoms with Crippen molar-refractivity contribution in [2.75, 3.05) is 11.8 Å². The molecular weight excluding hydrogens is 338 g/mol. The van der Waals surface area contributed by atoms with Gasteiger partial charge in [-0.05, 0) is 55.2 Å². The van der Waals surface area contributed by atoms with Crippen LogP contribution >= 0.6 is 0 Å². The zero-order valence-electron chi connectivity index (χ0n) is 14.7. The minimum atomic E-state index is -3.78. The molecule has 0 radical (unpaired) electrons. The summed E-state index contributed by atoms with van der Waals surface area (Å²) in [7, 11) is -2.52. The summed E-state index contributed by atoms with van der Waals surface area (Å²) in [5, 5.41) is 0. The van der Waals surface area contributed by atoms with E-state index in [1.165, 1.54) is 24.8 Å². The number of unbranched alkanes of at least 4 members (excludes halogenated alkanes) is 1. The molecule has 0 aliphatic heterocycles. The van der Waals surface area contributed by atoms with E-state index in [-0.39, 0.29) is 10.5 Å². The van der Waals surface area contributed by atoms with Crippen LogP contribution in [-0.2, 0) is 21.2 Å². The number of rotatable bonds is 7. The number of hydrogen-bond acceptors (Lipinski definition) is 4. The van der Waals surface area contributed by atoms with Crippen molar-refractivity contribution < 1.29 is 17.9 Å². The van der Waals surface area contributed by atoms with Crippen LogP contribution in [0.4, 0.5) is 5.69 Å². The lowest BCUT2D eigenvalue weighted by atomic mass is 10.1. The van der Waals surface area contributed by atoms with Gasteiger partial charge in [-0.2, -0.15) is 0 Å². The van der Waals surface area contributed by atoms with Gasteiger partial charge >= 0.3 is 5.97 Å². The van der Waals surface area contributed by atoms with Gasteiger partial charge in [-0.25, -0.2) is 13.2 Å². The average Bonchev–Trinajstić information content (AvgIpc) is 2.60. The predicted molar refractivity (Wildman–Crippen MR) is 98.4 cm³/mol. The van der Waals surface area contributed by atoms with E-state index in [0.717, 1.165) is 19.3 Å². The fourth-order valence-corrected chi connectivity index (χ4v) is 3.52. The number of sulfonamides is 1. The third-order valence-electron chi connectivity index (χ3n) is 3.95. The molecule has 0 atom stereocenters. The first-order chi connectivity index (χ1) is 11.9. The molecule has 1 N–H and O–H groups in total. The van der Waals surface area contributed by atoms with Gasteiger partial charge in [0.2, 0.25) is 0 Å². The van der Waals surface area contributed by atoms with Crippen LogP contribution < -0.4 is 4.72 Å². The second kappa shape index (κ2) is 8.16. The van der Waals surface area contributed by atoms with Gasteiger partial charge in [-0.1, -0.05) is 31.5 Å². The molecule has 0 heterocycles. The number of methoxy groups -OCH3 is 1. The van der Waals surface area contributed by atoms with Gasteiger partial charge in [0.05, 0.1) is 17.6 Å². The fraction of sp³-hybridized carbons (Fsp3) is 0.316. The van der Waals surface area contributed by atoms with Crippen LogP contribution in [-0.4, -0.2) is 21.5 Å². The maximum Gasteiger partial charge on any atom is 0.338 e. The number of benzene rings is 2. The molecule has 0 spiro atoms. The van der Waals surface area contributed by atoms with Crippen LogP contribution in [0.25, 0.3) is 0 Å². The largest absolute Gasteiger partial charge is 0.465 e. The number of ether oxygens (including phenoxy) is 1. The van der Waals surface area contributed by atoms with Crippen molar-refractivity contribution in [3.63, 3.8) is 0 Å². The molecule has 0 fully saturated rings. The van der Waals surface area contributed by atoms with Gasteiger partial charge in [0, 0.05) is 5.69 Å². The number of carbonyl (C=O) groups excluding carboxylic acids is 1. The third kappa shape index (κ3) is 4.82. The SMILES string of the molecule is CCCCc1ccc(NS(=O)(=O)c2ccc(C)c(C(=O)OC)c2)cc1. The number of hydrogen-bond donors (Lipinski definition) is 1. The second-order valence-electron chi connectivity index (χ2n) is 5.87. The Kier molecular flexibility index (Phi) is 6.20. The summed E-state index contributed by atoms with van der Waals surface area (Å²) >= 11 is 0. The smallest absolute Gasteiger partial charge is 0.338 e. The number of nitrogens with one attached hydrogen (secondary N) is 1. The average molecular weight is 361 g/mol. The Balaban J connectivity index is 2.23.